The van der Waals surface area contributed by atoms with E-state index in [9.17, 15) is 14.4 Å². The Morgan fingerprint density at radius 2 is 1.36 bits per heavy atom. The normalized spacial score (nSPS) is 16.1. The molecule has 0 amide bonds. The van der Waals surface area contributed by atoms with Crippen LogP contribution in [-0.2, 0) is 38.1 Å². The number of hydrogen-bond acceptors (Lipinski definition) is 8. The Kier molecular flexibility index (Phi) is 9.35. The zero-order chi connectivity index (χ0) is 17.3. The first-order chi connectivity index (χ1) is 10.2. The molecule has 0 aliphatic rings. The number of hydrogen-bond donors (Lipinski definition) is 0. The van der Waals surface area contributed by atoms with E-state index in [0.29, 0.717) is 0 Å². The van der Waals surface area contributed by atoms with Crippen LogP contribution in [0.4, 0.5) is 0 Å². The van der Waals surface area contributed by atoms with Gasteiger partial charge in [0.2, 0.25) is 0 Å². The van der Waals surface area contributed by atoms with Crippen LogP contribution in [0.15, 0.2) is 0 Å². The fourth-order valence-electron chi connectivity index (χ4n) is 1.96. The quantitative estimate of drug-likeness (QED) is 0.446. The van der Waals surface area contributed by atoms with E-state index in [1.807, 2.05) is 0 Å². The number of ether oxygens (including phenoxy) is 5. The molecule has 0 heterocycles. The number of carbonyl (C=O) groups is 3. The lowest BCUT2D eigenvalue weighted by Crippen LogP contribution is -2.50. The van der Waals surface area contributed by atoms with Crippen LogP contribution in [0.1, 0.15) is 27.7 Å². The van der Waals surface area contributed by atoms with Crippen LogP contribution >= 0.6 is 0 Å². The van der Waals surface area contributed by atoms with Crippen molar-refractivity contribution in [3.05, 3.63) is 0 Å². The molecule has 0 aromatic heterocycles. The Morgan fingerprint density at radius 3 is 1.73 bits per heavy atom. The van der Waals surface area contributed by atoms with E-state index in [1.54, 1.807) is 6.92 Å². The summed E-state index contributed by atoms with van der Waals surface area (Å²) in [4.78, 5) is 33.4. The van der Waals surface area contributed by atoms with Gasteiger partial charge in [0.1, 0.15) is 24.9 Å². The third-order valence-electron chi connectivity index (χ3n) is 2.83. The molecular formula is C14H24O8. The Labute approximate surface area is 130 Å². The van der Waals surface area contributed by atoms with Crippen LogP contribution in [0.25, 0.3) is 0 Å². The SMILES string of the molecule is COC(COC(C)=O)C(OC(C)=O)C(OC)C(C)OC(C)=O. The molecule has 8 heteroatoms. The van der Waals surface area contributed by atoms with Gasteiger partial charge in [-0.15, -0.1) is 0 Å². The minimum absolute atomic E-state index is 0.129. The van der Waals surface area contributed by atoms with Gasteiger partial charge in [0.05, 0.1) is 0 Å². The molecule has 22 heavy (non-hydrogen) atoms. The summed E-state index contributed by atoms with van der Waals surface area (Å²) in [7, 11) is 2.77. The molecule has 0 aromatic rings. The first-order valence-electron chi connectivity index (χ1n) is 6.76. The molecular weight excluding hydrogens is 296 g/mol. The minimum Gasteiger partial charge on any atom is -0.463 e. The van der Waals surface area contributed by atoms with Gasteiger partial charge in [0.25, 0.3) is 0 Å². The van der Waals surface area contributed by atoms with Crippen LogP contribution in [-0.4, -0.2) is 63.2 Å². The predicted molar refractivity (Wildman–Crippen MR) is 75.0 cm³/mol. The van der Waals surface area contributed by atoms with Crippen molar-refractivity contribution in [2.75, 3.05) is 20.8 Å². The molecule has 128 valence electrons. The topological polar surface area (TPSA) is 97.4 Å². The summed E-state index contributed by atoms with van der Waals surface area (Å²) in [5.74, 6) is -1.55. The molecule has 0 saturated carbocycles. The second-order valence-electron chi connectivity index (χ2n) is 4.67. The maximum absolute atomic E-state index is 11.3. The monoisotopic (exact) mass is 320 g/mol. The zero-order valence-corrected chi connectivity index (χ0v) is 13.8. The molecule has 0 fully saturated rings. The van der Waals surface area contributed by atoms with E-state index in [2.05, 4.69) is 0 Å². The van der Waals surface area contributed by atoms with Gasteiger partial charge in [-0.3, -0.25) is 14.4 Å². The van der Waals surface area contributed by atoms with Gasteiger partial charge in [0, 0.05) is 35.0 Å². The molecule has 0 radical (unpaired) electrons. The van der Waals surface area contributed by atoms with Crippen molar-refractivity contribution in [2.45, 2.75) is 52.1 Å². The number of esters is 3. The smallest absolute Gasteiger partial charge is 0.303 e. The Bertz CT molecular complexity index is 381. The molecule has 0 N–H and O–H groups in total. The lowest BCUT2D eigenvalue weighted by molar-refractivity contribution is -0.188. The Balaban J connectivity index is 5.20. The van der Waals surface area contributed by atoms with E-state index >= 15 is 0 Å². The summed E-state index contributed by atoms with van der Waals surface area (Å²) < 4.78 is 25.7. The average Bonchev–Trinajstić information content (AvgIpc) is 2.38. The van der Waals surface area contributed by atoms with Crippen molar-refractivity contribution in [1.29, 1.82) is 0 Å². The van der Waals surface area contributed by atoms with E-state index in [0.717, 1.165) is 0 Å². The highest BCUT2D eigenvalue weighted by molar-refractivity contribution is 5.67. The van der Waals surface area contributed by atoms with E-state index in [-0.39, 0.29) is 6.61 Å². The van der Waals surface area contributed by atoms with Crippen LogP contribution in [0.2, 0.25) is 0 Å². The molecule has 0 rings (SSSR count). The molecule has 4 unspecified atom stereocenters. The van der Waals surface area contributed by atoms with Gasteiger partial charge in [-0.2, -0.15) is 0 Å². The second-order valence-corrected chi connectivity index (χ2v) is 4.67. The fraction of sp³-hybridized carbons (Fsp3) is 0.786. The van der Waals surface area contributed by atoms with E-state index in [4.69, 9.17) is 23.7 Å². The Hall–Kier alpha value is -1.67. The molecule has 0 bridgehead atoms. The lowest BCUT2D eigenvalue weighted by Gasteiger charge is -2.33. The second kappa shape index (κ2) is 10.1. The average molecular weight is 320 g/mol. The summed E-state index contributed by atoms with van der Waals surface area (Å²) in [6.45, 7) is 5.22. The van der Waals surface area contributed by atoms with Crippen molar-refractivity contribution in [1.82, 2.24) is 0 Å². The highest BCUT2D eigenvalue weighted by atomic mass is 16.6. The maximum atomic E-state index is 11.3. The summed E-state index contributed by atoms with van der Waals surface area (Å²) in [5, 5.41) is 0. The van der Waals surface area contributed by atoms with Crippen molar-refractivity contribution >= 4 is 17.9 Å². The predicted octanol–water partition coefficient (Wildman–Crippen LogP) is 0.463. The van der Waals surface area contributed by atoms with Crippen LogP contribution < -0.4 is 0 Å². The van der Waals surface area contributed by atoms with Crippen molar-refractivity contribution in [3.63, 3.8) is 0 Å². The minimum atomic E-state index is -0.916. The molecule has 8 nitrogen and oxygen atoms in total. The first kappa shape index (κ1) is 20.3. The van der Waals surface area contributed by atoms with Crippen LogP contribution in [0, 0.1) is 0 Å². The zero-order valence-electron chi connectivity index (χ0n) is 13.8. The highest BCUT2D eigenvalue weighted by Crippen LogP contribution is 2.18. The fourth-order valence-corrected chi connectivity index (χ4v) is 1.96. The van der Waals surface area contributed by atoms with Gasteiger partial charge in [-0.25, -0.2) is 0 Å². The third-order valence-corrected chi connectivity index (χ3v) is 2.83. The molecule has 0 saturated heterocycles. The molecule has 0 aliphatic carbocycles. The standard InChI is InChI=1S/C14H24O8/c1-8(21-10(3)16)13(19-6)14(22-11(4)17)12(18-5)7-20-9(2)15/h8,12-14H,7H2,1-6H3. The third kappa shape index (κ3) is 7.37. The van der Waals surface area contributed by atoms with E-state index < -0.39 is 42.3 Å². The Morgan fingerprint density at radius 1 is 0.818 bits per heavy atom. The van der Waals surface area contributed by atoms with Crippen LogP contribution in [0.3, 0.4) is 0 Å². The highest BCUT2D eigenvalue weighted by Gasteiger charge is 2.38. The van der Waals surface area contributed by atoms with Crippen molar-refractivity contribution < 1.29 is 38.1 Å². The molecule has 4 atom stereocenters. The summed E-state index contributed by atoms with van der Waals surface area (Å²) >= 11 is 0. The number of carbonyl (C=O) groups excluding carboxylic acids is 3. The van der Waals surface area contributed by atoms with Gasteiger partial charge >= 0.3 is 17.9 Å². The largest absolute Gasteiger partial charge is 0.463 e. The molecule has 0 aromatic carbocycles. The molecule has 0 spiro atoms. The van der Waals surface area contributed by atoms with Gasteiger partial charge < -0.3 is 23.7 Å². The van der Waals surface area contributed by atoms with Crippen LogP contribution in [0.5, 0.6) is 0 Å². The number of methoxy groups -OCH3 is 2. The van der Waals surface area contributed by atoms with Gasteiger partial charge in [0.15, 0.2) is 6.10 Å². The van der Waals surface area contributed by atoms with Gasteiger partial charge in [-0.1, -0.05) is 0 Å². The maximum Gasteiger partial charge on any atom is 0.303 e. The molecule has 0 aliphatic heterocycles. The van der Waals surface area contributed by atoms with E-state index in [1.165, 1.54) is 35.0 Å². The summed E-state index contributed by atoms with van der Waals surface area (Å²) in [6.07, 6.45) is -3.16. The summed E-state index contributed by atoms with van der Waals surface area (Å²) in [5.41, 5.74) is 0. The van der Waals surface area contributed by atoms with Gasteiger partial charge in [-0.05, 0) is 6.92 Å². The lowest BCUT2D eigenvalue weighted by atomic mass is 10.0. The first-order valence-corrected chi connectivity index (χ1v) is 6.76. The van der Waals surface area contributed by atoms with Crippen molar-refractivity contribution in [2.24, 2.45) is 0 Å². The van der Waals surface area contributed by atoms with Crippen molar-refractivity contribution in [3.8, 4) is 0 Å². The number of rotatable bonds is 9. The summed E-state index contributed by atoms with van der Waals surface area (Å²) in [6, 6.07) is 0.